The lowest BCUT2D eigenvalue weighted by Crippen LogP contribution is -2.46. The second-order valence-electron chi connectivity index (χ2n) is 3.18. The summed E-state index contributed by atoms with van der Waals surface area (Å²) in [6.07, 6.45) is -0.404. The van der Waals surface area contributed by atoms with Gasteiger partial charge >= 0.3 is 9.05 Å². The van der Waals surface area contributed by atoms with Crippen molar-refractivity contribution < 1.29 is 28.2 Å². The van der Waals surface area contributed by atoms with Gasteiger partial charge in [0.25, 0.3) is 0 Å². The van der Waals surface area contributed by atoms with E-state index in [-0.39, 0.29) is 12.2 Å². The lowest BCUT2D eigenvalue weighted by Gasteiger charge is -2.20. The molecule has 0 radical (unpaired) electrons. The summed E-state index contributed by atoms with van der Waals surface area (Å²) in [7, 11) is -2.54. The summed E-state index contributed by atoms with van der Waals surface area (Å²) in [5, 5.41) is 0. The molecule has 0 saturated heterocycles. The van der Waals surface area contributed by atoms with Crippen molar-refractivity contribution in [2.24, 2.45) is 0 Å². The summed E-state index contributed by atoms with van der Waals surface area (Å²) in [4.78, 5) is 19.0. The molecule has 0 aromatic rings. The maximum Gasteiger partial charge on any atom is 0.733 e. The van der Waals surface area contributed by atoms with Gasteiger partial charge in [-0.15, -0.1) is 0 Å². The molecule has 0 aromatic carbocycles. The molecule has 0 saturated carbocycles. The number of hydrogen-bond donors (Lipinski definition) is 1. The molecule has 0 aliphatic carbocycles. The zero-order chi connectivity index (χ0) is 11.2. The minimum Gasteiger partial charge on any atom is -0.365 e. The first-order valence-electron chi connectivity index (χ1n) is 4.36. The van der Waals surface area contributed by atoms with Crippen molar-refractivity contribution in [1.82, 2.24) is 0 Å². The van der Waals surface area contributed by atoms with Gasteiger partial charge in [-0.1, -0.05) is 0 Å². The molecule has 0 bridgehead atoms. The predicted molar refractivity (Wildman–Crippen MR) is 49.6 cm³/mol. The summed E-state index contributed by atoms with van der Waals surface area (Å²) >= 11 is 0. The van der Waals surface area contributed by atoms with Gasteiger partial charge in [-0.3, -0.25) is 0 Å². The fraction of sp³-hybridized carbons (Fsp3) is 1.00. The van der Waals surface area contributed by atoms with Gasteiger partial charge in [-0.05, 0) is 27.7 Å². The van der Waals surface area contributed by atoms with Gasteiger partial charge in [0.15, 0.2) is 0 Å². The third-order valence-electron chi connectivity index (χ3n) is 0.950. The van der Waals surface area contributed by atoms with E-state index in [1.807, 2.05) is 0 Å². The monoisotopic (exact) mass is 226 g/mol. The minimum atomic E-state index is -3.79. The first-order chi connectivity index (χ1) is 6.39. The molecule has 7 heteroatoms. The molecule has 0 fully saturated rings. The largest absolute Gasteiger partial charge is 0.733 e. The van der Waals surface area contributed by atoms with Crippen LogP contribution >= 0.6 is 0 Å². The normalized spacial score (nSPS) is 12.9. The van der Waals surface area contributed by atoms with E-state index in [1.165, 1.54) is 7.11 Å². The second-order valence-corrected chi connectivity index (χ2v) is 4.97. The van der Waals surface area contributed by atoms with Crippen molar-refractivity contribution in [3.63, 3.8) is 0 Å². The van der Waals surface area contributed by atoms with Gasteiger partial charge in [0.05, 0.1) is 12.2 Å². The van der Waals surface area contributed by atoms with Crippen LogP contribution in [-0.4, -0.2) is 33.2 Å². The summed E-state index contributed by atoms with van der Waals surface area (Å²) < 4.78 is 13.9. The average molecular weight is 226 g/mol. The molecule has 0 aromatic heterocycles. The van der Waals surface area contributed by atoms with Gasteiger partial charge < -0.3 is 9.22 Å². The van der Waals surface area contributed by atoms with E-state index >= 15 is 0 Å². The van der Waals surface area contributed by atoms with E-state index < -0.39 is 9.05 Å². The van der Waals surface area contributed by atoms with E-state index in [2.05, 4.69) is 13.6 Å². The van der Waals surface area contributed by atoms with Gasteiger partial charge in [0.2, 0.25) is 0 Å². The number of rotatable bonds is 7. The van der Waals surface area contributed by atoms with E-state index in [1.54, 1.807) is 27.7 Å². The quantitative estimate of drug-likeness (QED) is 0.393. The van der Waals surface area contributed by atoms with Crippen LogP contribution in [0, 0.1) is 0 Å². The Kier molecular flexibility index (Phi) is 6.45. The van der Waals surface area contributed by atoms with Gasteiger partial charge in [-0.2, -0.15) is 9.15 Å². The molecule has 86 valence electrons. The molecule has 0 rings (SSSR count). The Labute approximate surface area is 85.0 Å². The van der Waals surface area contributed by atoms with Crippen LogP contribution in [0.5, 0.6) is 0 Å². The van der Waals surface area contributed by atoms with Crippen LogP contribution in [0.1, 0.15) is 27.7 Å². The highest BCUT2D eigenvalue weighted by molar-refractivity contribution is 6.51. The van der Waals surface area contributed by atoms with Gasteiger partial charge in [-0.25, -0.2) is 9.78 Å². The molecule has 6 nitrogen and oxygen atoms in total. The van der Waals surface area contributed by atoms with E-state index in [4.69, 9.17) is 9.78 Å². The SMILES string of the molecule is CO[Si](O)(OOC(C)C)OOC(C)C. The third-order valence-corrected chi connectivity index (χ3v) is 2.08. The van der Waals surface area contributed by atoms with Crippen molar-refractivity contribution >= 4 is 9.05 Å². The molecule has 0 unspecified atom stereocenters. The summed E-state index contributed by atoms with van der Waals surface area (Å²) in [5.74, 6) is 0. The second kappa shape index (κ2) is 6.46. The Hall–Kier alpha value is -0.0231. The van der Waals surface area contributed by atoms with E-state index in [0.29, 0.717) is 0 Å². The van der Waals surface area contributed by atoms with Crippen LogP contribution in [0.2, 0.25) is 0 Å². The van der Waals surface area contributed by atoms with Crippen molar-refractivity contribution in [2.75, 3.05) is 7.11 Å². The Balaban J connectivity index is 3.91. The molecule has 0 aliphatic heterocycles. The lowest BCUT2D eigenvalue weighted by molar-refractivity contribution is -0.353. The highest BCUT2D eigenvalue weighted by Gasteiger charge is 2.45. The van der Waals surface area contributed by atoms with Crippen LogP contribution in [0.4, 0.5) is 0 Å². The fourth-order valence-corrected chi connectivity index (χ4v) is 1.19. The Morgan fingerprint density at radius 2 is 1.29 bits per heavy atom. The molecule has 0 spiro atoms. The van der Waals surface area contributed by atoms with E-state index in [0.717, 1.165) is 0 Å². The first-order valence-corrected chi connectivity index (χ1v) is 6.03. The topological polar surface area (TPSA) is 66.4 Å². The molecule has 1 N–H and O–H groups in total. The van der Waals surface area contributed by atoms with Crippen molar-refractivity contribution in [3.05, 3.63) is 0 Å². The Morgan fingerprint density at radius 3 is 1.50 bits per heavy atom. The van der Waals surface area contributed by atoms with Crippen LogP contribution in [0.15, 0.2) is 0 Å². The zero-order valence-electron chi connectivity index (χ0n) is 9.14. The summed E-state index contributed by atoms with van der Waals surface area (Å²) in [6, 6.07) is 0. The van der Waals surface area contributed by atoms with Crippen LogP contribution < -0.4 is 0 Å². The highest BCUT2D eigenvalue weighted by Crippen LogP contribution is 2.08. The minimum absolute atomic E-state index is 0.202. The van der Waals surface area contributed by atoms with Crippen molar-refractivity contribution in [1.29, 1.82) is 0 Å². The van der Waals surface area contributed by atoms with Crippen LogP contribution in [0.25, 0.3) is 0 Å². The van der Waals surface area contributed by atoms with Gasteiger partial charge in [0, 0.05) is 7.11 Å². The Bertz CT molecular complexity index is 139. The van der Waals surface area contributed by atoms with Crippen LogP contribution in [0.3, 0.4) is 0 Å². The van der Waals surface area contributed by atoms with Crippen LogP contribution in [-0.2, 0) is 23.4 Å². The molecule has 0 aliphatic rings. The maximum absolute atomic E-state index is 9.54. The molecular formula is C7H18O6Si. The van der Waals surface area contributed by atoms with E-state index in [9.17, 15) is 4.80 Å². The molecule has 14 heavy (non-hydrogen) atoms. The lowest BCUT2D eigenvalue weighted by atomic mass is 10.5. The third kappa shape index (κ3) is 6.43. The van der Waals surface area contributed by atoms with Gasteiger partial charge in [0.1, 0.15) is 0 Å². The molecule has 0 amide bonds. The number of hydrogen-bond acceptors (Lipinski definition) is 6. The molecule has 0 heterocycles. The standard InChI is InChI=1S/C7H18O6Si/c1-6(2)10-12-14(8,9-5)13-11-7(3)4/h6-8H,1-5H3. The predicted octanol–water partition coefficient (Wildman–Crippen LogP) is 0.774. The fourth-order valence-electron chi connectivity index (χ4n) is 0.396. The zero-order valence-corrected chi connectivity index (χ0v) is 10.1. The van der Waals surface area contributed by atoms with Crippen molar-refractivity contribution in [3.8, 4) is 0 Å². The smallest absolute Gasteiger partial charge is 0.365 e. The molecule has 0 atom stereocenters. The average Bonchev–Trinajstić information content (AvgIpc) is 2.11. The summed E-state index contributed by atoms with van der Waals surface area (Å²) in [6.45, 7) is 6.98. The van der Waals surface area contributed by atoms with Crippen molar-refractivity contribution in [2.45, 2.75) is 39.9 Å². The summed E-state index contributed by atoms with van der Waals surface area (Å²) in [5.41, 5.74) is 0. The molecular weight excluding hydrogens is 208 g/mol. The Morgan fingerprint density at radius 1 is 0.929 bits per heavy atom. The highest BCUT2D eigenvalue weighted by atomic mass is 28.4. The maximum atomic E-state index is 9.54. The first kappa shape index (κ1) is 14.0.